The molecule has 0 radical (unpaired) electrons. The summed E-state index contributed by atoms with van der Waals surface area (Å²) in [6.45, 7) is 1.94. The Morgan fingerprint density at radius 3 is 2.36 bits per heavy atom. The lowest BCUT2D eigenvalue weighted by Gasteiger charge is -2.06. The molecule has 6 nitrogen and oxygen atoms in total. The molecule has 1 N–H and O–H groups in total. The van der Waals surface area contributed by atoms with E-state index in [1.165, 1.54) is 0 Å². The number of aromatic amines is 1. The minimum absolute atomic E-state index is 0.205. The highest BCUT2D eigenvalue weighted by molar-refractivity contribution is 7.40. The van der Waals surface area contributed by atoms with Crippen LogP contribution in [-0.2, 0) is 0 Å². The molecule has 0 amide bonds. The number of hydrogen-bond acceptors (Lipinski definition) is 5. The van der Waals surface area contributed by atoms with Gasteiger partial charge in [0.25, 0.3) is 0 Å². The zero-order valence-corrected chi connectivity index (χ0v) is 14.7. The van der Waals surface area contributed by atoms with Crippen molar-refractivity contribution in [2.45, 2.75) is 6.92 Å². The van der Waals surface area contributed by atoms with Crippen molar-refractivity contribution in [3.63, 3.8) is 0 Å². The number of aryl methyl sites for hydroxylation is 1. The Morgan fingerprint density at radius 1 is 1.00 bits per heavy atom. The standard InChI is InChI=1S/C14H16N2O4P2/c1-7-5-8-11(13(15-7)18-3)12-9(22-20-21-8)6-10(17-2)16-14(12)19-4/h5-6,21-22H,1-4H3/p+1. The summed E-state index contributed by atoms with van der Waals surface area (Å²) in [5.41, 5.74) is 0.898. The predicted octanol–water partition coefficient (Wildman–Crippen LogP) is 3.32. The lowest BCUT2D eigenvalue weighted by molar-refractivity contribution is -0.404. The van der Waals surface area contributed by atoms with Crippen LogP contribution in [0.4, 0.5) is 0 Å². The number of fused-ring (bicyclic) bond motifs is 3. The average molecular weight is 339 g/mol. The van der Waals surface area contributed by atoms with Crippen molar-refractivity contribution in [1.82, 2.24) is 4.98 Å². The molecule has 0 aliphatic heterocycles. The molecule has 3 heterocycles. The van der Waals surface area contributed by atoms with Gasteiger partial charge in [-0.2, -0.15) is 0 Å². The normalized spacial score (nSPS) is 11.5. The molecule has 8 heteroatoms. The Morgan fingerprint density at radius 2 is 1.73 bits per heavy atom. The van der Waals surface area contributed by atoms with E-state index in [-0.39, 0.29) is 16.9 Å². The number of aromatic nitrogens is 2. The van der Waals surface area contributed by atoms with Crippen molar-refractivity contribution < 1.29 is 23.2 Å². The average Bonchev–Trinajstić information content (AvgIpc) is 2.71. The van der Waals surface area contributed by atoms with Gasteiger partial charge in [0.15, 0.2) is 0 Å². The van der Waals surface area contributed by atoms with Crippen molar-refractivity contribution >= 4 is 37.9 Å². The summed E-state index contributed by atoms with van der Waals surface area (Å²) in [5, 5.41) is 3.91. The van der Waals surface area contributed by atoms with E-state index in [1.54, 1.807) is 21.3 Å². The molecule has 116 valence electrons. The first-order chi connectivity index (χ1) is 10.7. The summed E-state index contributed by atoms with van der Waals surface area (Å²) in [7, 11) is 5.30. The number of H-pyrrole nitrogens is 1. The number of nitrogens with one attached hydrogen (secondary N) is 1. The molecule has 0 saturated heterocycles. The first-order valence-electron chi connectivity index (χ1n) is 6.60. The highest BCUT2D eigenvalue weighted by atomic mass is 31.1. The van der Waals surface area contributed by atoms with Crippen molar-refractivity contribution in [1.29, 1.82) is 0 Å². The fourth-order valence-electron chi connectivity index (χ4n) is 2.38. The summed E-state index contributed by atoms with van der Waals surface area (Å²) in [6.07, 6.45) is 0. The Balaban J connectivity index is 2.59. The number of ether oxygens (including phenoxy) is 3. The van der Waals surface area contributed by atoms with Crippen molar-refractivity contribution in [2.24, 2.45) is 0 Å². The number of nitrogens with zero attached hydrogens (tertiary/aromatic N) is 1. The van der Waals surface area contributed by atoms with E-state index in [4.69, 9.17) is 18.2 Å². The summed E-state index contributed by atoms with van der Waals surface area (Å²) in [4.78, 5) is 7.62. The van der Waals surface area contributed by atoms with Gasteiger partial charge in [0.1, 0.15) is 5.39 Å². The fourth-order valence-corrected chi connectivity index (χ4v) is 4.59. The zero-order valence-electron chi connectivity index (χ0n) is 12.7. The molecule has 0 spiro atoms. The van der Waals surface area contributed by atoms with Gasteiger partial charge in [-0.25, -0.2) is 4.98 Å². The van der Waals surface area contributed by atoms with E-state index in [0.717, 1.165) is 26.7 Å². The first-order valence-corrected chi connectivity index (χ1v) is 8.41. The van der Waals surface area contributed by atoms with Crippen LogP contribution in [0.15, 0.2) is 16.1 Å². The maximum absolute atomic E-state index is 5.85. The van der Waals surface area contributed by atoms with Crippen LogP contribution >= 0.6 is 16.9 Å². The predicted molar refractivity (Wildman–Crippen MR) is 89.1 cm³/mol. The second-order valence-corrected chi connectivity index (χ2v) is 6.96. The summed E-state index contributed by atoms with van der Waals surface area (Å²) >= 11 is 0. The van der Waals surface area contributed by atoms with Gasteiger partial charge in [-0.05, 0) is 13.0 Å². The molecule has 3 aromatic rings. The van der Waals surface area contributed by atoms with E-state index in [9.17, 15) is 0 Å². The van der Waals surface area contributed by atoms with Crippen molar-refractivity contribution in [3.8, 4) is 17.6 Å². The molecular weight excluding hydrogens is 322 g/mol. The molecule has 0 aromatic carbocycles. The van der Waals surface area contributed by atoms with E-state index in [0.29, 0.717) is 17.6 Å². The quantitative estimate of drug-likeness (QED) is 0.732. The Labute approximate surface area is 130 Å². The van der Waals surface area contributed by atoms with Gasteiger partial charge in [0.2, 0.25) is 5.88 Å². The van der Waals surface area contributed by atoms with Gasteiger partial charge in [-0.3, -0.25) is 0 Å². The van der Waals surface area contributed by atoms with Crippen LogP contribution in [0.3, 0.4) is 0 Å². The second-order valence-electron chi connectivity index (χ2n) is 4.66. The molecule has 0 aliphatic carbocycles. The van der Waals surface area contributed by atoms with Gasteiger partial charge in [0.05, 0.1) is 37.9 Å². The maximum Gasteiger partial charge on any atom is 0.378 e. The molecular formula is C14H17N2O4P2+. The second kappa shape index (κ2) is 6.07. The van der Waals surface area contributed by atoms with Crippen molar-refractivity contribution in [3.05, 3.63) is 17.8 Å². The molecule has 0 aliphatic rings. The third-order valence-electron chi connectivity index (χ3n) is 3.31. The summed E-state index contributed by atoms with van der Waals surface area (Å²) in [5.74, 6) is 1.82. The van der Waals surface area contributed by atoms with Gasteiger partial charge < -0.3 is 18.2 Å². The number of rotatable bonds is 3. The highest BCUT2D eigenvalue weighted by Gasteiger charge is 2.20. The summed E-state index contributed by atoms with van der Waals surface area (Å²) in [6, 6.07) is 3.95. The van der Waals surface area contributed by atoms with Crippen LogP contribution in [-0.4, -0.2) is 26.3 Å². The number of hydrogen-bond donors (Lipinski definition) is 0. The number of pyridine rings is 2. The minimum atomic E-state index is 0.205. The minimum Gasteiger partial charge on any atom is -0.481 e. The molecule has 3 rings (SSSR count). The van der Waals surface area contributed by atoms with Crippen LogP contribution in [0.5, 0.6) is 17.6 Å². The molecule has 2 atom stereocenters. The van der Waals surface area contributed by atoms with Gasteiger partial charge in [-0.1, -0.05) is 0 Å². The van der Waals surface area contributed by atoms with Gasteiger partial charge >= 0.3 is 11.8 Å². The first kappa shape index (κ1) is 15.0. The smallest absolute Gasteiger partial charge is 0.378 e. The Bertz CT molecular complexity index is 880. The Kier molecular flexibility index (Phi) is 4.14. The topological polar surface area (TPSA) is 67.9 Å². The largest absolute Gasteiger partial charge is 0.481 e. The SMILES string of the molecule is COc1cc2[pH]o[pH]c3cc(C)nc(OC)c3c2c(OC)[nH+]1. The lowest BCUT2D eigenvalue weighted by Crippen LogP contribution is -2.11. The third-order valence-corrected chi connectivity index (χ3v) is 5.36. The lowest BCUT2D eigenvalue weighted by atomic mass is 10.2. The molecule has 0 fully saturated rings. The zero-order chi connectivity index (χ0) is 15.7. The van der Waals surface area contributed by atoms with Crippen LogP contribution in [0.25, 0.3) is 21.0 Å². The Hall–Kier alpha value is -1.90. The summed E-state index contributed by atoms with van der Waals surface area (Å²) < 4.78 is 22.2. The maximum atomic E-state index is 5.85. The van der Waals surface area contributed by atoms with E-state index in [1.807, 2.05) is 19.1 Å². The van der Waals surface area contributed by atoms with Crippen LogP contribution < -0.4 is 19.2 Å². The third kappa shape index (κ3) is 2.49. The van der Waals surface area contributed by atoms with Crippen LogP contribution in [0, 0.1) is 6.92 Å². The monoisotopic (exact) mass is 339 g/mol. The van der Waals surface area contributed by atoms with E-state index in [2.05, 4.69) is 9.97 Å². The highest BCUT2D eigenvalue weighted by Crippen LogP contribution is 2.41. The molecule has 0 bridgehead atoms. The van der Waals surface area contributed by atoms with E-state index >= 15 is 0 Å². The van der Waals surface area contributed by atoms with Gasteiger partial charge in [0, 0.05) is 27.7 Å². The molecule has 0 saturated carbocycles. The van der Waals surface area contributed by atoms with Crippen molar-refractivity contribution in [2.75, 3.05) is 21.3 Å². The molecule has 3 aromatic heterocycles. The number of methoxy groups -OCH3 is 3. The van der Waals surface area contributed by atoms with Gasteiger partial charge in [-0.15, -0.1) is 4.98 Å². The fraction of sp³-hybridized carbons (Fsp3) is 0.286. The molecule has 22 heavy (non-hydrogen) atoms. The van der Waals surface area contributed by atoms with Crippen LogP contribution in [0.2, 0.25) is 0 Å². The molecule has 2 unspecified atom stereocenters. The van der Waals surface area contributed by atoms with Crippen LogP contribution in [0.1, 0.15) is 5.69 Å². The van der Waals surface area contributed by atoms with E-state index < -0.39 is 0 Å².